The van der Waals surface area contributed by atoms with Gasteiger partial charge in [0.25, 0.3) is 0 Å². The summed E-state index contributed by atoms with van der Waals surface area (Å²) >= 11 is 0. The second-order valence-electron chi connectivity index (χ2n) is 25.6. The van der Waals surface area contributed by atoms with Crippen LogP contribution in [0.4, 0.5) is 4.39 Å². The van der Waals surface area contributed by atoms with Gasteiger partial charge in [0.2, 0.25) is 0 Å². The number of aliphatic hydroxyl groups is 6. The monoisotopic (exact) mass is 1590 g/mol. The quantitative estimate of drug-likeness (QED) is 0.0259. The van der Waals surface area contributed by atoms with Gasteiger partial charge in [-0.1, -0.05) is 167 Å². The zero-order valence-corrected chi connectivity index (χ0v) is 58.6. The lowest BCUT2D eigenvalue weighted by atomic mass is 9.83. The van der Waals surface area contributed by atoms with Crippen LogP contribution in [0.2, 0.25) is 0 Å². The molecule has 13 nitrogen and oxygen atoms in total. The summed E-state index contributed by atoms with van der Waals surface area (Å²) in [6, 6.07) is 23.1. The minimum Gasteiger partial charge on any atom is -0.487 e. The van der Waals surface area contributed by atoms with Crippen LogP contribution >= 0.6 is 0 Å². The maximum absolute atomic E-state index is 13.6. The second kappa shape index (κ2) is 51.0. The number of ether oxygens (including phenoxy) is 6. The molecule has 1 aliphatic heterocycles. The van der Waals surface area contributed by atoms with Crippen molar-refractivity contribution >= 4 is 0 Å². The number of hydrogen-bond donors (Lipinski definition) is 6. The number of aromatic nitrogens is 1. The molecule has 3 aromatic carbocycles. The average molecular weight is 1590 g/mol. The van der Waals surface area contributed by atoms with Crippen LogP contribution in [0.1, 0.15) is 400 Å². The first-order chi connectivity index (χ1) is 96.0. The van der Waals surface area contributed by atoms with Crippen LogP contribution in [0.5, 0.6) is 23.0 Å². The molecular formula is C77H232FNO12. The van der Waals surface area contributed by atoms with Crippen LogP contribution in [-0.4, -0.2) is 124 Å². The molecular weight excluding hydrogens is 1150 g/mol. The number of pyridine rings is 1. The van der Waals surface area contributed by atoms with Crippen molar-refractivity contribution in [3.05, 3.63) is 113 Å². The van der Waals surface area contributed by atoms with Gasteiger partial charge in [0.15, 0.2) is 11.6 Å². The Bertz CT molecular complexity index is 2570. The van der Waals surface area contributed by atoms with Crippen molar-refractivity contribution in [2.75, 3.05) is 46.2 Å². The van der Waals surface area contributed by atoms with Gasteiger partial charge >= 0.3 is 0 Å². The van der Waals surface area contributed by atoms with E-state index in [9.17, 15) is 9.50 Å². The van der Waals surface area contributed by atoms with Crippen molar-refractivity contribution in [3.63, 3.8) is 0 Å². The number of halogens is 1. The van der Waals surface area contributed by atoms with E-state index in [2.05, 4.69) is 70.8 Å². The third-order valence-electron chi connectivity index (χ3n) is 16.7. The highest BCUT2D eigenvalue weighted by atomic mass is 19.1. The number of para-hydroxylation sites is 3. The summed E-state index contributed by atoms with van der Waals surface area (Å²) in [6.07, 6.45) is 34.0. The van der Waals surface area contributed by atoms with Crippen molar-refractivity contribution in [2.24, 2.45) is 11.8 Å². The predicted octanol–water partition coefficient (Wildman–Crippen LogP) is 29.3. The highest BCUT2D eigenvalue weighted by Crippen LogP contribution is 2.35. The van der Waals surface area contributed by atoms with Crippen LogP contribution < -0.4 is 18.9 Å². The first-order valence-electron chi connectivity index (χ1n) is 87.6. The van der Waals surface area contributed by atoms with E-state index in [-0.39, 0.29) is 75.6 Å². The highest BCUT2D eigenvalue weighted by molar-refractivity contribution is 5.45. The lowest BCUT2D eigenvalue weighted by Gasteiger charge is -2.33. The number of rotatable bonds is 34. The van der Waals surface area contributed by atoms with Crippen LogP contribution in [-0.2, 0) is 41.6 Å². The van der Waals surface area contributed by atoms with Gasteiger partial charge in [-0.3, -0.25) is 4.98 Å². The Morgan fingerprint density at radius 2 is 1.10 bits per heavy atom. The molecule has 8 atom stereocenters. The third-order valence-corrected chi connectivity index (χ3v) is 16.7. The lowest BCUT2D eigenvalue weighted by Crippen LogP contribution is -2.32. The summed E-state index contributed by atoms with van der Waals surface area (Å²) < 4.78 is 568. The summed E-state index contributed by atoms with van der Waals surface area (Å²) in [7, 11) is 0. The molecule has 2 heterocycles. The number of unbranched alkanes of at least 4 members (excludes halogenated alkanes) is 6. The van der Waals surface area contributed by atoms with Crippen molar-refractivity contribution in [1.82, 2.24) is 4.98 Å². The SMILES string of the molecule is CCCCC1CCCCC1OC(C)CO.CCCCC1CCCCC1OCCO.CCCCc1cccc(F)c1OC(C)CO.CCCCc1cccc2c1OC(CO)C2.CCCCc1ccccc1OC(C)(C)CO.CCCCc1ncccc1OC(C)CO.[3H][3H].[3H][3H].[3H][3H].[3H][3H].[3H][3H].[3H][3H].[3H][3H].[3H][3H].[3H][3H].[3H][3H].[3H][3H].[3H][3H].[3H][3H].[3H][3H].[3H][3H].[3H][3H].[3H][3H].[3H][3H].[3H][3H].[3H][3H].[3H][3H].[3H][3H].[3H][3H].[3H][3H].[3H][3H].[3H][3H].[3H][3H].[3H][3H].[3H][3H].[3H][3H].[3H][3H].[3H][3H].[3H][3H].[3H][3H].[3H][3H].[3H][3H].[3H][3H].[3H][3H].[3H][3H].[3H][3H].[3H][3H].[3H][3H].[3H][3H].[3H][3H].[3H][3H].[3H][3H].[3H][3H].[3H][3H].[3H][3H].[3H][3H].[3H][3H].[3H][3H]. The molecule has 0 saturated heterocycles. The van der Waals surface area contributed by atoms with Crippen LogP contribution in [0.15, 0.2) is 79.0 Å². The van der Waals surface area contributed by atoms with E-state index in [4.69, 9.17) is 208 Å². The van der Waals surface area contributed by atoms with Gasteiger partial charge in [-0.05, 0) is 183 Å². The van der Waals surface area contributed by atoms with E-state index in [1.165, 1.54) is 138 Å². The van der Waals surface area contributed by atoms with E-state index >= 15 is 0 Å². The number of aliphatic hydroxyl groups excluding tert-OH is 6. The molecule has 2 aliphatic carbocycles. The molecule has 0 radical (unpaired) electrons. The van der Waals surface area contributed by atoms with E-state index in [0.717, 1.165) is 98.1 Å². The third kappa shape index (κ3) is 34.6. The molecule has 3 aliphatic rings. The molecule has 0 amide bonds. The Morgan fingerprint density at radius 3 is 1.69 bits per heavy atom. The summed E-state index contributed by atoms with van der Waals surface area (Å²) in [5.41, 5.74) is 5.13. The number of fused-ring (bicyclic) bond motifs is 1. The van der Waals surface area contributed by atoms with E-state index < -0.39 is 5.60 Å². The summed E-state index contributed by atoms with van der Waals surface area (Å²) in [6.45, 7) is 23.3. The molecule has 624 valence electrons. The van der Waals surface area contributed by atoms with Gasteiger partial charge < -0.3 is 59.1 Å². The molecule has 7 rings (SSSR count). The van der Waals surface area contributed by atoms with E-state index in [1.54, 1.807) is 19.2 Å². The molecule has 6 N–H and O–H groups in total. The highest BCUT2D eigenvalue weighted by Gasteiger charge is 2.28. The molecule has 0 spiro atoms. The Morgan fingerprint density at radius 1 is 0.582 bits per heavy atom. The standard InChI is InChI=1S/C14H22O2.C13H19FO2.C13H18O2.C13H26O2.C12H19NO2.C12H24O2.52H2/c1-4-5-8-12-9-6-7-10-13(12)16-14(2,3)11-15;1-3-4-6-11-7-5-8-12(14)13(11)16-10(2)9-15;1-2-3-5-10-6-4-7-11-8-12(9-14)15-13(10)11;1-3-4-7-12-8-5-6-9-13(12)15-11(2)10-14;1-3-4-6-11-12(7-5-8-13-11)15-10(2)9-14;1-2-3-6-11-7-4-5-8-12(11)14-10-9-13;;;;;;;;;;;;;;;;;;;;;;;;;;;;;;;;;;;;;;;;;;;;;;;;;;;;/h6-7,9-10,15H,4-5,8,11H2,1-3H3;5,7-8,10,15H,3-4,6,9H2,1-2H3;4,6-7,12,14H,2-3,5,8-9H2,1H3;11-14H,3-10H2,1-2H3;5,7-8,10,14H,3-4,6,9H2,1-2H3;11-13H,2-10H2,1H3;52*1H/i;;;;;;52*1+2T. The van der Waals surface area contributed by atoms with Crippen LogP contribution in [0, 0.1) is 17.7 Å². The molecule has 8 unspecified atom stereocenters. The zero-order valence-electron chi connectivity index (χ0n) is 163. The first-order valence-corrected chi connectivity index (χ1v) is 35.6. The number of nitrogens with zero attached hydrogens (tertiary/aromatic N) is 1. The second-order valence-corrected chi connectivity index (χ2v) is 25.6. The van der Waals surface area contributed by atoms with Crippen LogP contribution in [0.3, 0.4) is 0 Å². The fraction of sp³-hybridized carbons (Fsp3) is 0.701. The average Bonchev–Trinajstić information content (AvgIpc) is 1.67. The number of hydrogen-bond acceptors (Lipinski definition) is 13. The minimum atomic E-state index is -0.512. The Kier molecular flexibility index (Phi) is 18.3. The van der Waals surface area contributed by atoms with Gasteiger partial charge in [0.05, 0.1) is 70.3 Å². The molecule has 2 fully saturated rings. The van der Waals surface area contributed by atoms with Gasteiger partial charge in [-0.25, -0.2) is 4.39 Å². The maximum atomic E-state index is 13.6. The van der Waals surface area contributed by atoms with Gasteiger partial charge in [-0.2, -0.15) is 0 Å². The number of benzene rings is 3. The first kappa shape index (κ1) is 32.6. The van der Waals surface area contributed by atoms with Crippen molar-refractivity contribution in [1.29, 1.82) is 0 Å². The molecule has 91 heavy (non-hydrogen) atoms. The van der Waals surface area contributed by atoms with Gasteiger partial charge in [-0.15, -0.1) is 0 Å². The zero-order chi connectivity index (χ0) is 171. The summed E-state index contributed by atoms with van der Waals surface area (Å²) in [5.74, 6) is 4.17. The topological polar surface area (TPSA) is 190 Å². The van der Waals surface area contributed by atoms with E-state index in [1.807, 2.05) is 64.1 Å². The lowest BCUT2D eigenvalue weighted by molar-refractivity contribution is -0.0721. The van der Waals surface area contributed by atoms with Crippen molar-refractivity contribution in [3.8, 4) is 23.0 Å². The summed E-state index contributed by atoms with van der Waals surface area (Å²) in [4.78, 5) is 4.30. The van der Waals surface area contributed by atoms with E-state index in [0.29, 0.717) is 18.8 Å². The van der Waals surface area contributed by atoms with Gasteiger partial charge in [0, 0.05) is 167 Å². The number of aryl methyl sites for hydroxylation is 4. The Labute approximate surface area is 712 Å². The summed E-state index contributed by atoms with van der Waals surface area (Å²) in [5, 5.41) is 53.8. The predicted molar refractivity (Wildman–Crippen MR) is 480 cm³/mol. The Balaban J connectivity index is -0.0000000230. The van der Waals surface area contributed by atoms with Crippen molar-refractivity contribution in [2.45, 2.75) is 292 Å². The molecule has 0 bridgehead atoms. The maximum Gasteiger partial charge on any atom is 0.165 e. The van der Waals surface area contributed by atoms with Gasteiger partial charge in [0.1, 0.15) is 41.2 Å². The fourth-order valence-electron chi connectivity index (χ4n) is 11.3. The molecule has 14 heteroatoms. The molecule has 2 saturated carbocycles. The fourth-order valence-corrected chi connectivity index (χ4v) is 11.3. The minimum absolute atomic E-state index is 0.0113. The normalized spacial score (nSPS) is 23.0. The molecule has 4 aromatic rings. The van der Waals surface area contributed by atoms with Crippen molar-refractivity contribution < 1.29 is 218 Å². The molecule has 1 aromatic heterocycles. The Hall–Kier alpha value is -4.38. The largest absolute Gasteiger partial charge is 0.487 e. The smallest absolute Gasteiger partial charge is 0.165 e. The van der Waals surface area contributed by atoms with Crippen LogP contribution in [0.25, 0.3) is 0 Å².